The quantitative estimate of drug-likeness (QED) is 0.179. The van der Waals surface area contributed by atoms with E-state index in [1.54, 1.807) is 0 Å². The molecule has 7 heteroatoms. The van der Waals surface area contributed by atoms with Crippen molar-refractivity contribution in [2.45, 2.75) is 58.0 Å². The SMILES string of the molecule is CCNC(=NCC1CCCO1)NCCCCCCC(=O)OC.I. The highest BCUT2D eigenvalue weighted by Gasteiger charge is 2.14. The van der Waals surface area contributed by atoms with Crippen molar-refractivity contribution >= 4 is 35.9 Å². The zero-order valence-electron chi connectivity index (χ0n) is 14.4. The van der Waals surface area contributed by atoms with Crippen molar-refractivity contribution in [3.63, 3.8) is 0 Å². The minimum Gasteiger partial charge on any atom is -0.469 e. The third-order valence-corrected chi connectivity index (χ3v) is 3.65. The standard InChI is InChI=1S/C16H31N3O3.HI/c1-3-17-16(19-13-14-9-8-12-22-14)18-11-7-5-4-6-10-15(20)21-2;/h14H,3-13H2,1-2H3,(H2,17,18,19);1H. The molecule has 0 radical (unpaired) electrons. The van der Waals surface area contributed by atoms with E-state index in [-0.39, 0.29) is 36.0 Å². The van der Waals surface area contributed by atoms with E-state index in [4.69, 9.17) is 4.74 Å². The molecule has 1 saturated heterocycles. The number of unbranched alkanes of at least 4 members (excludes halogenated alkanes) is 3. The highest BCUT2D eigenvalue weighted by atomic mass is 127. The molecule has 136 valence electrons. The Morgan fingerprint density at radius 2 is 2.04 bits per heavy atom. The Kier molecular flexibility index (Phi) is 14.6. The summed E-state index contributed by atoms with van der Waals surface area (Å²) in [6.45, 7) is 5.42. The van der Waals surface area contributed by atoms with Gasteiger partial charge in [-0.3, -0.25) is 9.79 Å². The monoisotopic (exact) mass is 441 g/mol. The lowest BCUT2D eigenvalue weighted by atomic mass is 10.1. The number of guanidine groups is 1. The van der Waals surface area contributed by atoms with Gasteiger partial charge in [-0.2, -0.15) is 0 Å². The molecule has 1 heterocycles. The molecule has 2 N–H and O–H groups in total. The maximum absolute atomic E-state index is 11.0. The number of hydrogen-bond acceptors (Lipinski definition) is 4. The molecule has 1 aliphatic rings. The van der Waals surface area contributed by atoms with E-state index in [0.29, 0.717) is 6.42 Å². The third kappa shape index (κ3) is 11.6. The second kappa shape index (κ2) is 15.0. The number of methoxy groups -OCH3 is 1. The minimum absolute atomic E-state index is 0. The number of carbonyl (C=O) groups excluding carboxylic acids is 1. The van der Waals surface area contributed by atoms with E-state index >= 15 is 0 Å². The number of rotatable bonds is 10. The normalized spacial score (nSPS) is 17.5. The van der Waals surface area contributed by atoms with Crippen molar-refractivity contribution in [2.75, 3.05) is 33.4 Å². The predicted molar refractivity (Wildman–Crippen MR) is 103 cm³/mol. The van der Waals surface area contributed by atoms with Crippen LogP contribution in [0.4, 0.5) is 0 Å². The molecule has 0 aromatic carbocycles. The number of esters is 1. The van der Waals surface area contributed by atoms with Gasteiger partial charge in [0.15, 0.2) is 5.96 Å². The minimum atomic E-state index is -0.117. The molecule has 0 aliphatic carbocycles. The molecular weight excluding hydrogens is 409 g/mol. The maximum Gasteiger partial charge on any atom is 0.305 e. The van der Waals surface area contributed by atoms with Crippen LogP contribution in [-0.2, 0) is 14.3 Å². The van der Waals surface area contributed by atoms with Crippen LogP contribution in [0.15, 0.2) is 4.99 Å². The van der Waals surface area contributed by atoms with Crippen molar-refractivity contribution in [1.82, 2.24) is 10.6 Å². The zero-order chi connectivity index (χ0) is 16.0. The second-order valence-corrected chi connectivity index (χ2v) is 5.52. The van der Waals surface area contributed by atoms with Crippen LogP contribution in [0.2, 0.25) is 0 Å². The Labute approximate surface area is 157 Å². The zero-order valence-corrected chi connectivity index (χ0v) is 16.8. The molecule has 23 heavy (non-hydrogen) atoms. The molecule has 1 aliphatic heterocycles. The summed E-state index contributed by atoms with van der Waals surface area (Å²) >= 11 is 0. The van der Waals surface area contributed by atoms with Gasteiger partial charge in [0.05, 0.1) is 19.8 Å². The van der Waals surface area contributed by atoms with Crippen LogP contribution in [0.1, 0.15) is 51.9 Å². The number of nitrogens with zero attached hydrogens (tertiary/aromatic N) is 1. The molecule has 1 atom stereocenters. The lowest BCUT2D eigenvalue weighted by Gasteiger charge is -2.12. The topological polar surface area (TPSA) is 72.0 Å². The highest BCUT2D eigenvalue weighted by Crippen LogP contribution is 2.11. The second-order valence-electron chi connectivity index (χ2n) is 5.52. The van der Waals surface area contributed by atoms with Crippen LogP contribution in [0, 0.1) is 0 Å². The number of nitrogens with one attached hydrogen (secondary N) is 2. The Morgan fingerprint density at radius 1 is 1.26 bits per heavy atom. The lowest BCUT2D eigenvalue weighted by molar-refractivity contribution is -0.140. The number of ether oxygens (including phenoxy) is 2. The Morgan fingerprint density at radius 3 is 2.70 bits per heavy atom. The lowest BCUT2D eigenvalue weighted by Crippen LogP contribution is -2.38. The van der Waals surface area contributed by atoms with Gasteiger partial charge in [-0.05, 0) is 32.6 Å². The first-order valence-electron chi connectivity index (χ1n) is 8.46. The van der Waals surface area contributed by atoms with Crippen LogP contribution in [0.25, 0.3) is 0 Å². The summed E-state index contributed by atoms with van der Waals surface area (Å²) < 4.78 is 10.2. The fourth-order valence-electron chi connectivity index (χ4n) is 2.38. The van der Waals surface area contributed by atoms with Gasteiger partial charge in [0.2, 0.25) is 0 Å². The van der Waals surface area contributed by atoms with Gasteiger partial charge in [-0.15, -0.1) is 24.0 Å². The van der Waals surface area contributed by atoms with Crippen molar-refractivity contribution in [3.8, 4) is 0 Å². The van der Waals surface area contributed by atoms with Gasteiger partial charge < -0.3 is 20.1 Å². The molecule has 0 saturated carbocycles. The fraction of sp³-hybridized carbons (Fsp3) is 0.875. The first-order valence-corrected chi connectivity index (χ1v) is 8.46. The summed E-state index contributed by atoms with van der Waals surface area (Å²) in [5, 5.41) is 6.60. The molecule has 0 aromatic rings. The Balaban J connectivity index is 0.00000484. The molecule has 1 rings (SSSR count). The third-order valence-electron chi connectivity index (χ3n) is 3.65. The van der Waals surface area contributed by atoms with Crippen LogP contribution >= 0.6 is 24.0 Å². The van der Waals surface area contributed by atoms with Gasteiger partial charge in [-0.25, -0.2) is 0 Å². The largest absolute Gasteiger partial charge is 0.469 e. The van der Waals surface area contributed by atoms with E-state index in [2.05, 4.69) is 27.3 Å². The van der Waals surface area contributed by atoms with Gasteiger partial charge in [0.25, 0.3) is 0 Å². The van der Waals surface area contributed by atoms with Gasteiger partial charge in [0, 0.05) is 26.1 Å². The van der Waals surface area contributed by atoms with E-state index < -0.39 is 0 Å². The molecule has 0 amide bonds. The summed E-state index contributed by atoms with van der Waals surface area (Å²) in [4.78, 5) is 15.5. The first-order chi connectivity index (χ1) is 10.8. The summed E-state index contributed by atoms with van der Waals surface area (Å²) in [7, 11) is 1.43. The molecule has 0 bridgehead atoms. The molecular formula is C16H32IN3O3. The fourth-order valence-corrected chi connectivity index (χ4v) is 2.38. The van der Waals surface area contributed by atoms with E-state index in [1.165, 1.54) is 7.11 Å². The average molecular weight is 441 g/mol. The van der Waals surface area contributed by atoms with Crippen LogP contribution in [0.3, 0.4) is 0 Å². The molecule has 1 unspecified atom stereocenters. The predicted octanol–water partition coefficient (Wildman–Crippen LogP) is 2.46. The smallest absolute Gasteiger partial charge is 0.305 e. The van der Waals surface area contributed by atoms with Crippen molar-refractivity contribution in [2.24, 2.45) is 4.99 Å². The van der Waals surface area contributed by atoms with Crippen molar-refractivity contribution < 1.29 is 14.3 Å². The average Bonchev–Trinajstić information content (AvgIpc) is 3.04. The summed E-state index contributed by atoms with van der Waals surface area (Å²) in [6.07, 6.45) is 7.21. The van der Waals surface area contributed by atoms with Crippen molar-refractivity contribution in [3.05, 3.63) is 0 Å². The van der Waals surface area contributed by atoms with Gasteiger partial charge in [0.1, 0.15) is 0 Å². The van der Waals surface area contributed by atoms with E-state index in [1.807, 2.05) is 0 Å². The van der Waals surface area contributed by atoms with Gasteiger partial charge in [-0.1, -0.05) is 12.8 Å². The van der Waals surface area contributed by atoms with Crippen LogP contribution in [-0.4, -0.2) is 51.4 Å². The van der Waals surface area contributed by atoms with E-state index in [0.717, 1.165) is 70.7 Å². The van der Waals surface area contributed by atoms with Crippen LogP contribution < -0.4 is 10.6 Å². The summed E-state index contributed by atoms with van der Waals surface area (Å²) in [5.74, 6) is 0.751. The maximum atomic E-state index is 11.0. The molecule has 0 aromatic heterocycles. The Bertz CT molecular complexity index is 335. The summed E-state index contributed by atoms with van der Waals surface area (Å²) in [5.41, 5.74) is 0. The molecule has 1 fully saturated rings. The summed E-state index contributed by atoms with van der Waals surface area (Å²) in [6, 6.07) is 0. The number of aliphatic imine (C=N–C) groups is 1. The van der Waals surface area contributed by atoms with Crippen molar-refractivity contribution in [1.29, 1.82) is 0 Å². The van der Waals surface area contributed by atoms with Crippen LogP contribution in [0.5, 0.6) is 0 Å². The number of carbonyl (C=O) groups is 1. The molecule has 0 spiro atoms. The van der Waals surface area contributed by atoms with Gasteiger partial charge >= 0.3 is 5.97 Å². The number of halogens is 1. The highest BCUT2D eigenvalue weighted by molar-refractivity contribution is 14.0. The molecule has 6 nitrogen and oxygen atoms in total. The Hall–Kier alpha value is -0.570. The number of hydrogen-bond donors (Lipinski definition) is 2. The van der Waals surface area contributed by atoms with E-state index in [9.17, 15) is 4.79 Å². The first kappa shape index (κ1) is 22.4.